The maximum Gasteiger partial charge on any atom is 0.305 e. The van der Waals surface area contributed by atoms with E-state index in [1.807, 2.05) is 0 Å². The molecule has 3 aromatic carbocycles. The van der Waals surface area contributed by atoms with Crippen LogP contribution >= 0.6 is 11.8 Å². The van der Waals surface area contributed by atoms with Gasteiger partial charge >= 0.3 is 17.9 Å². The summed E-state index contributed by atoms with van der Waals surface area (Å²) in [4.78, 5) is 270. The Morgan fingerprint density at radius 1 is 0.417 bits per heavy atom. The first-order valence-corrected chi connectivity index (χ1v) is 43.9. The van der Waals surface area contributed by atoms with Crippen molar-refractivity contribution in [1.82, 2.24) is 84.7 Å². The number of carbonyl (C=O) groups excluding carboxylic acids is 17. The standard InChI is InChI=1S/C85H123N17O29S/c1-8-45(4)71(83(129)95-57(36-51-22-26-53(108)27-23-51)77(123)91-55(33-44(2)3)76(122)93-59(37-69(116)117)75(121)89-46(5)15-12-13-30-86)100-82(128)62(41-104)97-78(124)56(35-50-20-24-52(107)25-21-50)92-79(125)60(38-70(118)119)94-81(127)61(40-103)98-85(131)73(48(7)106)101-80(126)58(34-49-16-10-9-11-17-49)96-84(130)72(47(6)105)99-63(109)39-88-74(120)54(28-29-68(114)115)90-65(111)43-132-42-64(110)87-31-32-102-66(112)18-14-19-67(102)113/h9-11,16-17,20-27,44-48,54-62,71-73,103-108H,8,12-15,18-19,28-43,86H2,1-7H3,(H,87,110)(H,88,120)(H,89,121)(H,90,111)(H,91,123)(H,92,125)(H,93,122)(H,94,127)(H,95,129)(H,96,130)(H,97,124)(H,98,131)(H,99,109)(H,100,128)(H,101,126)(H,114,115)(H,116,117)(H,118,119)/t45-,46+,47+,48+,54-,55-,56-,57-,58-,59-,60-,61-,62-,71-,72-,73-/m0/s1. The van der Waals surface area contributed by atoms with E-state index in [9.17, 15) is 142 Å². The minimum Gasteiger partial charge on any atom is -0.508 e. The molecule has 0 unspecified atom stereocenters. The van der Waals surface area contributed by atoms with Gasteiger partial charge in [0.2, 0.25) is 100 Å². The molecule has 0 aliphatic carbocycles. The summed E-state index contributed by atoms with van der Waals surface area (Å²) in [6.07, 6.45) is -5.65. The quantitative estimate of drug-likeness (QED) is 0.0185. The van der Waals surface area contributed by atoms with Crippen molar-refractivity contribution < 1.29 is 142 Å². The number of carboxylic acid groups (broad SMARTS) is 3. The summed E-state index contributed by atoms with van der Waals surface area (Å²) in [7, 11) is 0. The molecule has 1 saturated heterocycles. The van der Waals surface area contributed by atoms with Gasteiger partial charge in [-0.25, -0.2) is 0 Å². The van der Waals surface area contributed by atoms with Gasteiger partial charge in [-0.2, -0.15) is 0 Å². The normalized spacial score (nSPS) is 15.5. The van der Waals surface area contributed by atoms with Gasteiger partial charge in [0.05, 0.1) is 56.3 Å². The molecule has 0 saturated carbocycles. The number of hydrogen-bond acceptors (Lipinski definition) is 28. The van der Waals surface area contributed by atoms with Crippen LogP contribution in [-0.4, -0.2) is 311 Å². The number of thioether (sulfide) groups is 1. The number of hydrogen-bond donors (Lipinski definition) is 25. The van der Waals surface area contributed by atoms with Gasteiger partial charge in [0.15, 0.2) is 0 Å². The van der Waals surface area contributed by atoms with Crippen LogP contribution in [0.2, 0.25) is 0 Å². The number of aromatic hydroxyl groups is 2. The van der Waals surface area contributed by atoms with E-state index in [-0.39, 0.29) is 85.7 Å². The first-order chi connectivity index (χ1) is 62.4. The van der Waals surface area contributed by atoms with E-state index in [1.54, 1.807) is 45.9 Å². The number of carboxylic acids is 3. The smallest absolute Gasteiger partial charge is 0.305 e. The van der Waals surface area contributed by atoms with Crippen LogP contribution in [0.25, 0.3) is 0 Å². The van der Waals surface area contributed by atoms with Gasteiger partial charge in [0.1, 0.15) is 84.0 Å². The Bertz CT molecular complexity index is 4440. The van der Waals surface area contributed by atoms with Crippen LogP contribution in [0.3, 0.4) is 0 Å². The van der Waals surface area contributed by atoms with Crippen molar-refractivity contribution in [2.75, 3.05) is 50.9 Å². The Morgan fingerprint density at radius 2 is 0.818 bits per heavy atom. The van der Waals surface area contributed by atoms with E-state index in [4.69, 9.17) is 5.73 Å². The summed E-state index contributed by atoms with van der Waals surface area (Å²) in [6.45, 7) is 7.03. The number of aliphatic carboxylic acids is 3. The number of imide groups is 1. The molecule has 1 fully saturated rings. The number of carbonyl (C=O) groups is 20. The van der Waals surface area contributed by atoms with Crippen LogP contribution in [0.1, 0.15) is 142 Å². The van der Waals surface area contributed by atoms with Crippen molar-refractivity contribution in [3.8, 4) is 11.5 Å². The Hall–Kier alpha value is -13.0. The fourth-order valence-corrected chi connectivity index (χ4v) is 13.8. The van der Waals surface area contributed by atoms with Gasteiger partial charge in [-0.05, 0) is 112 Å². The molecule has 132 heavy (non-hydrogen) atoms. The van der Waals surface area contributed by atoms with Crippen LogP contribution in [0.4, 0.5) is 0 Å². The largest absolute Gasteiger partial charge is 0.508 e. The molecule has 3 aromatic rings. The summed E-state index contributed by atoms with van der Waals surface area (Å²) in [6, 6.07) is -4.40. The topological polar surface area (TPSA) is 733 Å². The zero-order valence-corrected chi connectivity index (χ0v) is 75.0. The predicted molar refractivity (Wildman–Crippen MR) is 469 cm³/mol. The second-order valence-electron chi connectivity index (χ2n) is 32.1. The molecule has 46 nitrogen and oxygen atoms in total. The molecular weight excluding hydrogens is 1760 g/mol. The summed E-state index contributed by atoms with van der Waals surface area (Å²) >= 11 is 0.799. The first-order valence-electron chi connectivity index (χ1n) is 42.8. The maximum absolute atomic E-state index is 14.7. The third-order valence-electron chi connectivity index (χ3n) is 20.6. The highest BCUT2D eigenvalue weighted by atomic mass is 32.2. The van der Waals surface area contributed by atoms with E-state index in [0.717, 1.165) is 30.5 Å². The number of likely N-dealkylation sites (tertiary alicyclic amines) is 1. The van der Waals surface area contributed by atoms with Crippen LogP contribution in [-0.2, 0) is 115 Å². The number of amides is 17. The SMILES string of the molecule is CC[C@H](C)[C@H](NC(=O)[C@H](CO)NC(=O)[C@H](Cc1ccc(O)cc1)NC(=O)[C@H](CC(=O)O)NC(=O)[C@H](CO)NC(=O)[C@@H](NC(=O)[C@H](Cc1ccccc1)NC(=O)[C@@H](NC(=O)CNC(=O)[C@H](CCC(=O)O)NC(=O)CSCC(=O)NCCN1C(=O)CCCC1=O)[C@@H](C)O)[C@@H](C)O)C(=O)N[C@@H](Cc1ccc(O)cc1)C(=O)N[C@@H](CC(C)C)C(=O)N[C@@H](CC(=O)O)C(=O)N[C@H](C)CCCCN. The first kappa shape index (κ1) is 111. The second kappa shape index (κ2) is 57.2. The summed E-state index contributed by atoms with van der Waals surface area (Å²) in [5.74, 6) is -24.5. The molecule has 1 heterocycles. The van der Waals surface area contributed by atoms with Crippen LogP contribution in [0.5, 0.6) is 11.5 Å². The molecule has 16 atom stereocenters. The third-order valence-corrected chi connectivity index (χ3v) is 21.5. The van der Waals surface area contributed by atoms with E-state index in [0.29, 0.717) is 43.4 Å². The van der Waals surface area contributed by atoms with Gasteiger partial charge in [-0.15, -0.1) is 11.8 Å². The molecule has 1 aliphatic heterocycles. The van der Waals surface area contributed by atoms with E-state index < -0.39 is 267 Å². The number of aliphatic hydroxyl groups excluding tert-OH is 4. The van der Waals surface area contributed by atoms with E-state index >= 15 is 0 Å². The molecule has 0 aromatic heterocycles. The molecule has 728 valence electrons. The van der Waals surface area contributed by atoms with Gasteiger partial charge in [0, 0.05) is 57.7 Å². The fourth-order valence-electron chi connectivity index (χ4n) is 13.2. The maximum atomic E-state index is 14.7. The lowest BCUT2D eigenvalue weighted by Crippen LogP contribution is -2.63. The number of unbranched alkanes of at least 4 members (excludes halogenated alkanes) is 1. The molecule has 4 rings (SSSR count). The lowest BCUT2D eigenvalue weighted by molar-refractivity contribution is -0.148. The molecule has 17 amide bonds. The van der Waals surface area contributed by atoms with Crippen molar-refractivity contribution in [2.45, 2.75) is 236 Å². The molecule has 26 N–H and O–H groups in total. The van der Waals surface area contributed by atoms with E-state index in [1.165, 1.54) is 67.6 Å². The Morgan fingerprint density at radius 3 is 1.29 bits per heavy atom. The number of nitrogens with one attached hydrogen (secondary N) is 15. The van der Waals surface area contributed by atoms with Crippen molar-refractivity contribution in [3.05, 3.63) is 95.6 Å². The average molecular weight is 1880 g/mol. The zero-order valence-electron chi connectivity index (χ0n) is 74.2. The predicted octanol–water partition coefficient (Wildman–Crippen LogP) is -6.27. The second-order valence-corrected chi connectivity index (χ2v) is 33.1. The number of piperidine rings is 1. The molecule has 0 spiro atoms. The van der Waals surface area contributed by atoms with Crippen molar-refractivity contribution in [2.24, 2.45) is 17.6 Å². The highest BCUT2D eigenvalue weighted by Crippen LogP contribution is 2.19. The third kappa shape index (κ3) is 40.2. The lowest BCUT2D eigenvalue weighted by Gasteiger charge is -2.30. The Kier molecular flexibility index (Phi) is 48.3. The van der Waals surface area contributed by atoms with Gasteiger partial charge in [-0.1, -0.05) is 95.1 Å². The van der Waals surface area contributed by atoms with Gasteiger partial charge in [-0.3, -0.25) is 101 Å². The van der Waals surface area contributed by atoms with Crippen molar-refractivity contribution in [1.29, 1.82) is 0 Å². The van der Waals surface area contributed by atoms with Crippen LogP contribution in [0, 0.1) is 11.8 Å². The number of benzene rings is 3. The monoisotopic (exact) mass is 1880 g/mol. The Labute approximate surface area is 764 Å². The van der Waals surface area contributed by atoms with Crippen molar-refractivity contribution in [3.63, 3.8) is 0 Å². The minimum absolute atomic E-state index is 0.0578. The summed E-state index contributed by atoms with van der Waals surface area (Å²) in [5, 5.41) is 128. The number of aliphatic hydroxyl groups is 4. The van der Waals surface area contributed by atoms with E-state index in [2.05, 4.69) is 79.8 Å². The van der Waals surface area contributed by atoms with Crippen molar-refractivity contribution >= 4 is 130 Å². The number of nitrogens with two attached hydrogens (primary N) is 1. The van der Waals surface area contributed by atoms with Crippen LogP contribution < -0.4 is 85.5 Å². The fraction of sp³-hybridized carbons (Fsp3) is 0.553. The van der Waals surface area contributed by atoms with Gasteiger partial charge < -0.3 is 131 Å². The average Bonchev–Trinajstić information content (AvgIpc) is 0.971. The molecule has 0 radical (unpaired) electrons. The molecule has 1 aliphatic rings. The minimum atomic E-state index is -2.23. The van der Waals surface area contributed by atoms with Gasteiger partial charge in [0.25, 0.3) is 0 Å². The summed E-state index contributed by atoms with van der Waals surface area (Å²) in [5.41, 5.74) is 6.48. The summed E-state index contributed by atoms with van der Waals surface area (Å²) < 4.78 is 0. The molecule has 0 bridgehead atoms. The number of nitrogens with zero attached hydrogens (tertiary/aromatic N) is 1. The highest BCUT2D eigenvalue weighted by Gasteiger charge is 2.41. The molecule has 47 heteroatoms. The number of rotatable bonds is 59. The number of phenols is 2. The molecular formula is C85H123N17O29S. The Balaban J connectivity index is 1.52. The van der Waals surface area contributed by atoms with Crippen LogP contribution in [0.15, 0.2) is 78.9 Å². The number of phenolic OH excluding ortho intramolecular Hbond substituents is 2. The zero-order chi connectivity index (χ0) is 98.6. The highest BCUT2D eigenvalue weighted by molar-refractivity contribution is 8.00. The lowest BCUT2D eigenvalue weighted by atomic mass is 9.96.